The Morgan fingerprint density at radius 1 is 0.553 bits per heavy atom. The fraction of sp³-hybridized carbons (Fsp3) is 0.0270. The normalized spacial score (nSPS) is 14.7. The van der Waals surface area contributed by atoms with Crippen LogP contribution >= 0.6 is 0 Å². The summed E-state index contributed by atoms with van der Waals surface area (Å²) in [6.45, 7) is 4.42. The summed E-state index contributed by atoms with van der Waals surface area (Å²) >= 11 is 0. The van der Waals surface area contributed by atoms with Gasteiger partial charge >= 0.3 is 0 Å². The van der Waals surface area contributed by atoms with Crippen molar-refractivity contribution in [2.24, 2.45) is 0 Å². The van der Waals surface area contributed by atoms with Crippen molar-refractivity contribution in [2.45, 2.75) is 6.42 Å². The monoisotopic (exact) mass is 486 g/mol. The summed E-state index contributed by atoms with van der Waals surface area (Å²) in [5, 5.41) is 2.29. The lowest BCUT2D eigenvalue weighted by Gasteiger charge is -2.16. The molecule has 0 saturated carbocycles. The van der Waals surface area contributed by atoms with E-state index in [9.17, 15) is 0 Å². The predicted molar refractivity (Wildman–Crippen MR) is 161 cm³/mol. The van der Waals surface area contributed by atoms with E-state index in [0.29, 0.717) is 0 Å². The summed E-state index contributed by atoms with van der Waals surface area (Å²) in [6.07, 6.45) is 9.41. The number of furan rings is 1. The number of fused-ring (bicyclic) bond motifs is 6. The van der Waals surface area contributed by atoms with Gasteiger partial charge in [0.25, 0.3) is 0 Å². The van der Waals surface area contributed by atoms with E-state index in [1.54, 1.807) is 0 Å². The first-order valence-electron chi connectivity index (χ1n) is 13.0. The van der Waals surface area contributed by atoms with Crippen LogP contribution in [0.4, 0.5) is 0 Å². The highest BCUT2D eigenvalue weighted by molar-refractivity contribution is 6.09. The molecular formula is C37H26O. The first-order chi connectivity index (χ1) is 18.8. The molecule has 38 heavy (non-hydrogen) atoms. The molecule has 0 radical (unpaired) electrons. The number of rotatable bonds is 2. The maximum atomic E-state index is 6.33. The van der Waals surface area contributed by atoms with Gasteiger partial charge in [0.05, 0.1) is 0 Å². The van der Waals surface area contributed by atoms with Gasteiger partial charge in [-0.2, -0.15) is 0 Å². The first-order valence-corrected chi connectivity index (χ1v) is 13.0. The van der Waals surface area contributed by atoms with E-state index in [1.165, 1.54) is 27.8 Å². The largest absolute Gasteiger partial charge is 0.455 e. The highest BCUT2D eigenvalue weighted by atomic mass is 16.3. The van der Waals surface area contributed by atoms with Crippen molar-refractivity contribution in [3.63, 3.8) is 0 Å². The third-order valence-corrected chi connectivity index (χ3v) is 7.47. The molecule has 0 spiro atoms. The third kappa shape index (κ3) is 3.81. The molecular weight excluding hydrogens is 460 g/mol. The fourth-order valence-corrected chi connectivity index (χ4v) is 5.56. The lowest BCUT2D eigenvalue weighted by Crippen LogP contribution is -1.94. The first kappa shape index (κ1) is 22.3. The molecule has 0 N–H and O–H groups in total. The lowest BCUT2D eigenvalue weighted by molar-refractivity contribution is 0.670. The number of hydrogen-bond donors (Lipinski definition) is 0. The van der Waals surface area contributed by atoms with Gasteiger partial charge in [0, 0.05) is 16.3 Å². The second kappa shape index (κ2) is 9.21. The van der Waals surface area contributed by atoms with Gasteiger partial charge in [0.15, 0.2) is 0 Å². The van der Waals surface area contributed by atoms with Crippen LogP contribution in [0.5, 0.6) is 0 Å². The molecule has 0 saturated heterocycles. The summed E-state index contributed by atoms with van der Waals surface area (Å²) in [5.41, 5.74) is 12.4. The van der Waals surface area contributed by atoms with Gasteiger partial charge in [-0.05, 0) is 69.1 Å². The standard InChI is InChI=1S/C37H26O/c1-25-11-3-2-4-12-26-13-5-6-16-30(26)32-22-21-28(24-35(25)32)27-14-9-15-29(23-27)31-18-10-19-34-33-17-7-8-20-36(33)38-37(31)34/h2-11,13-24H,1,12H2/b4-2-,11-3-. The van der Waals surface area contributed by atoms with Crippen LogP contribution in [0.2, 0.25) is 0 Å². The van der Waals surface area contributed by atoms with Gasteiger partial charge < -0.3 is 4.42 Å². The zero-order chi connectivity index (χ0) is 25.5. The topological polar surface area (TPSA) is 13.1 Å². The Morgan fingerprint density at radius 3 is 2.29 bits per heavy atom. The van der Waals surface area contributed by atoms with Crippen LogP contribution in [0, 0.1) is 0 Å². The zero-order valence-electron chi connectivity index (χ0n) is 21.0. The van der Waals surface area contributed by atoms with Gasteiger partial charge in [0.2, 0.25) is 0 Å². The van der Waals surface area contributed by atoms with E-state index in [0.717, 1.165) is 50.6 Å². The summed E-state index contributed by atoms with van der Waals surface area (Å²) in [4.78, 5) is 0. The van der Waals surface area contributed by atoms with Gasteiger partial charge in [-0.25, -0.2) is 0 Å². The van der Waals surface area contributed by atoms with Gasteiger partial charge in [-0.1, -0.05) is 122 Å². The van der Waals surface area contributed by atoms with E-state index in [1.807, 2.05) is 12.1 Å². The molecule has 0 atom stereocenters. The molecule has 180 valence electrons. The molecule has 0 unspecified atom stereocenters. The Kier molecular flexibility index (Phi) is 5.41. The molecule has 0 bridgehead atoms. The molecule has 0 fully saturated rings. The highest BCUT2D eigenvalue weighted by Crippen LogP contribution is 2.39. The van der Waals surface area contributed by atoms with Gasteiger partial charge in [-0.15, -0.1) is 0 Å². The van der Waals surface area contributed by atoms with Crippen molar-refractivity contribution in [2.75, 3.05) is 0 Å². The van der Waals surface area contributed by atoms with Crippen molar-refractivity contribution < 1.29 is 4.42 Å². The van der Waals surface area contributed by atoms with E-state index in [-0.39, 0.29) is 0 Å². The van der Waals surface area contributed by atoms with Crippen molar-refractivity contribution >= 4 is 27.5 Å². The maximum Gasteiger partial charge on any atom is 0.143 e. The molecule has 7 rings (SSSR count). The van der Waals surface area contributed by atoms with Crippen molar-refractivity contribution in [3.05, 3.63) is 151 Å². The van der Waals surface area contributed by atoms with Crippen molar-refractivity contribution in [1.29, 1.82) is 0 Å². The molecule has 5 aromatic carbocycles. The van der Waals surface area contributed by atoms with Crippen LogP contribution < -0.4 is 0 Å². The Hall–Kier alpha value is -4.88. The minimum atomic E-state index is 0.906. The van der Waals surface area contributed by atoms with Crippen molar-refractivity contribution in [3.8, 4) is 33.4 Å². The Balaban J connectivity index is 1.37. The van der Waals surface area contributed by atoms with E-state index >= 15 is 0 Å². The van der Waals surface area contributed by atoms with Gasteiger partial charge in [-0.3, -0.25) is 0 Å². The van der Waals surface area contributed by atoms with E-state index < -0.39 is 0 Å². The van der Waals surface area contributed by atoms with Crippen LogP contribution in [-0.2, 0) is 6.42 Å². The SMILES string of the molecule is C=C1/C=C\C=C/Cc2ccccc2-c2ccc(-c3cccc(-c4cccc5c4oc4ccccc45)c3)cc21. The average Bonchev–Trinajstić information content (AvgIpc) is 3.36. The van der Waals surface area contributed by atoms with Crippen LogP contribution in [0.25, 0.3) is 60.9 Å². The molecule has 1 aromatic heterocycles. The Labute approximate surface area is 222 Å². The lowest BCUT2D eigenvalue weighted by atomic mass is 9.87. The maximum absolute atomic E-state index is 6.33. The zero-order valence-corrected chi connectivity index (χ0v) is 21.0. The summed E-state index contributed by atoms with van der Waals surface area (Å²) in [5.74, 6) is 0. The average molecular weight is 487 g/mol. The summed E-state index contributed by atoms with van der Waals surface area (Å²) < 4.78 is 6.33. The minimum absolute atomic E-state index is 0.906. The molecule has 0 amide bonds. The van der Waals surface area contributed by atoms with E-state index in [2.05, 4.69) is 128 Å². The smallest absolute Gasteiger partial charge is 0.143 e. The molecule has 1 aliphatic carbocycles. The van der Waals surface area contributed by atoms with E-state index in [4.69, 9.17) is 4.42 Å². The van der Waals surface area contributed by atoms with Crippen molar-refractivity contribution in [1.82, 2.24) is 0 Å². The van der Waals surface area contributed by atoms with Gasteiger partial charge in [0.1, 0.15) is 11.2 Å². The fourth-order valence-electron chi connectivity index (χ4n) is 5.56. The molecule has 1 heteroatoms. The summed E-state index contributed by atoms with van der Waals surface area (Å²) in [6, 6.07) is 38.8. The molecule has 1 aliphatic rings. The highest BCUT2D eigenvalue weighted by Gasteiger charge is 2.15. The number of hydrogen-bond acceptors (Lipinski definition) is 1. The number of para-hydroxylation sites is 2. The molecule has 6 aromatic rings. The summed E-state index contributed by atoms with van der Waals surface area (Å²) in [7, 11) is 0. The molecule has 1 nitrogen and oxygen atoms in total. The molecule has 1 heterocycles. The third-order valence-electron chi connectivity index (χ3n) is 7.47. The number of benzene rings is 5. The van der Waals surface area contributed by atoms with Crippen LogP contribution in [0.1, 0.15) is 11.1 Å². The Morgan fingerprint density at radius 2 is 1.32 bits per heavy atom. The quantitative estimate of drug-likeness (QED) is 0.237. The Bertz CT molecular complexity index is 1910. The molecule has 0 aliphatic heterocycles. The predicted octanol–water partition coefficient (Wildman–Crippen LogP) is 10.3. The van der Waals surface area contributed by atoms with Crippen LogP contribution in [0.15, 0.2) is 144 Å². The second-order valence-corrected chi connectivity index (χ2v) is 9.80. The van der Waals surface area contributed by atoms with Crippen LogP contribution in [0.3, 0.4) is 0 Å². The minimum Gasteiger partial charge on any atom is -0.455 e. The van der Waals surface area contributed by atoms with Crippen LogP contribution in [-0.4, -0.2) is 0 Å². The second-order valence-electron chi connectivity index (χ2n) is 9.80. The number of allylic oxidation sites excluding steroid dienone is 5.